The molecule has 1 heterocycles. The number of nitrogens with one attached hydrogen (secondary N) is 2. The van der Waals surface area contributed by atoms with Crippen LogP contribution in [0.15, 0.2) is 58.8 Å². The van der Waals surface area contributed by atoms with Crippen LogP contribution in [0.2, 0.25) is 0 Å². The summed E-state index contributed by atoms with van der Waals surface area (Å²) in [5, 5.41) is 7.68. The molecule has 2 N–H and O–H groups in total. The smallest absolute Gasteiger partial charge is 0.240 e. The zero-order valence-electron chi connectivity index (χ0n) is 17.1. The normalized spacial score (nSPS) is 11.1. The van der Waals surface area contributed by atoms with Crippen molar-refractivity contribution in [3.05, 3.63) is 54.2 Å². The zero-order chi connectivity index (χ0) is 21.6. The van der Waals surface area contributed by atoms with Crippen LogP contribution in [0, 0.1) is 0 Å². The van der Waals surface area contributed by atoms with Gasteiger partial charge in [0.2, 0.25) is 11.8 Å². The van der Waals surface area contributed by atoms with Gasteiger partial charge in [-0.1, -0.05) is 16.9 Å². The summed E-state index contributed by atoms with van der Waals surface area (Å²) in [6.07, 6.45) is 3.23. The molecule has 0 aliphatic rings. The number of aromatic nitrogens is 1. The van der Waals surface area contributed by atoms with E-state index in [1.54, 1.807) is 34.8 Å². The van der Waals surface area contributed by atoms with Crippen LogP contribution in [0.3, 0.4) is 0 Å². The molecule has 2 amide bonds. The van der Waals surface area contributed by atoms with Gasteiger partial charge in [0.15, 0.2) is 0 Å². The summed E-state index contributed by atoms with van der Waals surface area (Å²) >= 11 is 0. The van der Waals surface area contributed by atoms with Crippen LogP contribution < -0.4 is 15.5 Å². The number of pyridine rings is 1. The van der Waals surface area contributed by atoms with Crippen molar-refractivity contribution in [1.29, 1.82) is 0 Å². The van der Waals surface area contributed by atoms with E-state index < -0.39 is 0 Å². The highest BCUT2D eigenvalue weighted by molar-refractivity contribution is 8.76. The molecule has 1 aromatic heterocycles. The van der Waals surface area contributed by atoms with Crippen LogP contribution in [0.5, 0.6) is 5.75 Å². The second kappa shape index (κ2) is 13.7. The van der Waals surface area contributed by atoms with Crippen LogP contribution in [-0.2, 0) is 9.59 Å². The average molecular weight is 447 g/mol. The highest BCUT2D eigenvalue weighted by atomic mass is 33.1. The number of benzene rings is 1. The monoisotopic (exact) mass is 446 g/mol. The molecule has 0 atom stereocenters. The molecule has 0 saturated carbocycles. The number of ether oxygens (including phenoxy) is 1. The van der Waals surface area contributed by atoms with Crippen molar-refractivity contribution in [3.8, 4) is 5.75 Å². The van der Waals surface area contributed by atoms with Crippen molar-refractivity contribution in [2.75, 3.05) is 19.4 Å². The lowest BCUT2D eigenvalue weighted by Gasteiger charge is -2.07. The van der Waals surface area contributed by atoms with Crippen molar-refractivity contribution in [2.45, 2.75) is 31.2 Å². The van der Waals surface area contributed by atoms with Crippen LogP contribution in [0.25, 0.3) is 0 Å². The fourth-order valence-corrected chi connectivity index (χ4v) is 4.11. The highest BCUT2D eigenvalue weighted by Crippen LogP contribution is 2.29. The summed E-state index contributed by atoms with van der Waals surface area (Å²) in [7, 11) is 4.76. The van der Waals surface area contributed by atoms with Crippen LogP contribution >= 0.6 is 21.6 Å². The molecule has 0 spiro atoms. The molecule has 30 heavy (non-hydrogen) atoms. The van der Waals surface area contributed by atoms with Gasteiger partial charge in [-0.15, -0.1) is 0 Å². The zero-order valence-corrected chi connectivity index (χ0v) is 18.7. The Hall–Kier alpha value is -2.52. The van der Waals surface area contributed by atoms with Gasteiger partial charge in [0, 0.05) is 31.8 Å². The van der Waals surface area contributed by atoms with Gasteiger partial charge in [-0.25, -0.2) is 10.4 Å². The van der Waals surface area contributed by atoms with Gasteiger partial charge in [-0.3, -0.25) is 9.59 Å². The maximum Gasteiger partial charge on any atom is 0.240 e. The fourth-order valence-electron chi connectivity index (χ4n) is 2.24. The predicted octanol–water partition coefficient (Wildman–Crippen LogP) is 3.66. The first kappa shape index (κ1) is 23.8. The van der Waals surface area contributed by atoms with E-state index >= 15 is 0 Å². The first-order valence-electron chi connectivity index (χ1n) is 9.56. The number of carbonyl (C=O) groups is 2. The first-order chi connectivity index (χ1) is 14.6. The Kier molecular flexibility index (Phi) is 10.8. The van der Waals surface area contributed by atoms with E-state index in [4.69, 9.17) is 4.74 Å². The minimum Gasteiger partial charge on any atom is -0.494 e. The topological polar surface area (TPSA) is 92.7 Å². The van der Waals surface area contributed by atoms with Gasteiger partial charge in [-0.2, -0.15) is 5.10 Å². The number of hydrogen-bond donors (Lipinski definition) is 2. The summed E-state index contributed by atoms with van der Waals surface area (Å²) in [5.74, 6) is 1.29. The van der Waals surface area contributed by atoms with Crippen molar-refractivity contribution in [2.24, 2.45) is 5.10 Å². The molecule has 9 heteroatoms. The van der Waals surface area contributed by atoms with Crippen LogP contribution in [0.4, 0.5) is 0 Å². The van der Waals surface area contributed by atoms with E-state index in [0.29, 0.717) is 37.3 Å². The average Bonchev–Trinajstić information content (AvgIpc) is 2.79. The lowest BCUT2D eigenvalue weighted by molar-refractivity contribution is -0.121. The third-order valence-electron chi connectivity index (χ3n) is 3.91. The quantitative estimate of drug-likeness (QED) is 0.224. The van der Waals surface area contributed by atoms with E-state index in [9.17, 15) is 9.59 Å². The molecule has 7 nitrogen and oxygen atoms in total. The Morgan fingerprint density at radius 1 is 1.10 bits per heavy atom. The van der Waals surface area contributed by atoms with Gasteiger partial charge in [0.25, 0.3) is 0 Å². The van der Waals surface area contributed by atoms with E-state index in [-0.39, 0.29) is 11.8 Å². The summed E-state index contributed by atoms with van der Waals surface area (Å²) in [6.45, 7) is 2.32. The number of hydrazone groups is 1. The third kappa shape index (κ3) is 9.32. The minimum absolute atomic E-state index is 0.00776. The molecule has 0 unspecified atom stereocenters. The molecular weight excluding hydrogens is 420 g/mol. The molecule has 1 aromatic carbocycles. The highest BCUT2D eigenvalue weighted by Gasteiger charge is 2.04. The fraction of sp³-hybridized carbons (Fsp3) is 0.333. The standard InChI is InChI=1S/C21H26N4O3S2/c1-16(17-8-10-18(11-9-17)28-14-5-6-19(26)22-2)24-25-20(27)12-15-29-30-21-7-3-4-13-23-21/h3-4,7-11,13H,5-6,12,14-15H2,1-2H3,(H,22,26)(H,25,27)/b24-16+. The second-order valence-electron chi connectivity index (χ2n) is 6.21. The summed E-state index contributed by atoms with van der Waals surface area (Å²) in [6, 6.07) is 13.2. The number of rotatable bonds is 12. The van der Waals surface area contributed by atoms with Crippen LogP contribution in [0.1, 0.15) is 31.7 Å². The molecule has 2 rings (SSSR count). The van der Waals surface area contributed by atoms with E-state index in [2.05, 4.69) is 20.8 Å². The van der Waals surface area contributed by atoms with E-state index in [0.717, 1.165) is 16.3 Å². The number of amides is 2. The Bertz CT molecular complexity index is 830. The van der Waals surface area contributed by atoms with Crippen molar-refractivity contribution in [3.63, 3.8) is 0 Å². The molecule has 0 aliphatic carbocycles. The molecular formula is C21H26N4O3S2. The van der Waals surface area contributed by atoms with Crippen molar-refractivity contribution < 1.29 is 14.3 Å². The third-order valence-corrected chi connectivity index (χ3v) is 6.18. The molecule has 2 aromatic rings. The van der Waals surface area contributed by atoms with Gasteiger partial charge >= 0.3 is 0 Å². The number of hydrogen-bond acceptors (Lipinski definition) is 7. The molecule has 0 saturated heterocycles. The predicted molar refractivity (Wildman–Crippen MR) is 123 cm³/mol. The maximum atomic E-state index is 12.0. The van der Waals surface area contributed by atoms with Crippen molar-refractivity contribution >= 4 is 39.1 Å². The SMILES string of the molecule is CNC(=O)CCCOc1ccc(/C(C)=N/NC(=O)CCSSc2ccccn2)cc1. The maximum absolute atomic E-state index is 12.0. The van der Waals surface area contributed by atoms with Gasteiger partial charge in [-0.05, 0) is 66.1 Å². The lowest BCUT2D eigenvalue weighted by atomic mass is 10.1. The Balaban J connectivity index is 1.67. The van der Waals surface area contributed by atoms with E-state index in [1.807, 2.05) is 49.4 Å². The minimum atomic E-state index is -0.125. The lowest BCUT2D eigenvalue weighted by Crippen LogP contribution is -2.19. The number of carbonyl (C=O) groups excluding carboxylic acids is 2. The Morgan fingerprint density at radius 2 is 1.90 bits per heavy atom. The molecule has 0 radical (unpaired) electrons. The number of nitrogens with zero attached hydrogens (tertiary/aromatic N) is 2. The molecule has 0 aliphatic heterocycles. The molecule has 0 bridgehead atoms. The Labute approximate surface area is 184 Å². The van der Waals surface area contributed by atoms with Gasteiger partial charge in [0.05, 0.1) is 12.3 Å². The van der Waals surface area contributed by atoms with Gasteiger partial charge in [0.1, 0.15) is 10.8 Å². The summed E-state index contributed by atoms with van der Waals surface area (Å²) in [5.41, 5.74) is 4.20. The summed E-state index contributed by atoms with van der Waals surface area (Å²) in [4.78, 5) is 27.3. The van der Waals surface area contributed by atoms with Crippen LogP contribution in [-0.4, -0.2) is 41.9 Å². The van der Waals surface area contributed by atoms with E-state index in [1.165, 1.54) is 0 Å². The summed E-state index contributed by atoms with van der Waals surface area (Å²) < 4.78 is 5.62. The Morgan fingerprint density at radius 3 is 2.60 bits per heavy atom. The first-order valence-corrected chi connectivity index (χ1v) is 11.9. The largest absolute Gasteiger partial charge is 0.494 e. The second-order valence-corrected chi connectivity index (χ2v) is 8.64. The molecule has 0 fully saturated rings. The molecule has 160 valence electrons. The van der Waals surface area contributed by atoms with Crippen molar-refractivity contribution in [1.82, 2.24) is 15.7 Å². The van der Waals surface area contributed by atoms with Gasteiger partial charge < -0.3 is 10.1 Å².